The minimum absolute atomic E-state index is 0.340. The Morgan fingerprint density at radius 1 is 1.06 bits per heavy atom. The molecule has 6 heteroatoms. The van der Waals surface area contributed by atoms with Gasteiger partial charge in [-0.1, -0.05) is 12.1 Å². The second-order valence-electron chi connectivity index (χ2n) is 2.99. The molecule has 0 saturated heterocycles. The molecule has 2 aromatic rings. The topological polar surface area (TPSA) is 80.2 Å². The van der Waals surface area contributed by atoms with E-state index in [4.69, 9.17) is 16.7 Å². The van der Waals surface area contributed by atoms with Crippen LogP contribution in [0.1, 0.15) is 21.0 Å². The van der Waals surface area contributed by atoms with Crippen molar-refractivity contribution in [3.05, 3.63) is 35.7 Å². The molecule has 0 aliphatic rings. The van der Waals surface area contributed by atoms with Gasteiger partial charge in [-0.25, -0.2) is 14.8 Å². The number of hydrogen-bond donors (Lipinski definition) is 1. The lowest BCUT2D eigenvalue weighted by atomic mass is 10.2. The average molecular weight is 237 g/mol. The predicted octanol–water partition coefficient (Wildman–Crippen LogP) is 1.71. The predicted molar refractivity (Wildman–Crippen MR) is 56.7 cm³/mol. The van der Waals surface area contributed by atoms with Crippen LogP contribution in [0.3, 0.4) is 0 Å². The van der Waals surface area contributed by atoms with Crippen LogP contribution in [0.5, 0.6) is 0 Å². The molecule has 0 amide bonds. The fourth-order valence-corrected chi connectivity index (χ4v) is 1.42. The van der Waals surface area contributed by atoms with Crippen LogP contribution in [-0.4, -0.2) is 26.3 Å². The maximum absolute atomic E-state index is 11.0. The van der Waals surface area contributed by atoms with Gasteiger partial charge in [-0.15, -0.1) is 0 Å². The number of para-hydroxylation sites is 2. The van der Waals surface area contributed by atoms with E-state index >= 15 is 0 Å². The van der Waals surface area contributed by atoms with Gasteiger partial charge >= 0.3 is 5.97 Å². The molecule has 16 heavy (non-hydrogen) atoms. The van der Waals surface area contributed by atoms with E-state index in [9.17, 15) is 9.59 Å². The first-order valence-corrected chi connectivity index (χ1v) is 4.67. The van der Waals surface area contributed by atoms with Gasteiger partial charge in [0.15, 0.2) is 11.4 Å². The molecule has 0 radical (unpaired) electrons. The Kier molecular flexibility index (Phi) is 2.54. The maximum Gasteiger partial charge on any atom is 0.356 e. The van der Waals surface area contributed by atoms with E-state index in [0.717, 1.165) is 0 Å². The summed E-state index contributed by atoms with van der Waals surface area (Å²) < 4.78 is 0. The number of carbonyl (C=O) groups excluding carboxylic acids is 1. The molecule has 0 spiro atoms. The van der Waals surface area contributed by atoms with E-state index < -0.39 is 16.9 Å². The molecule has 0 saturated carbocycles. The number of halogens is 1. The number of rotatable bonds is 2. The third kappa shape index (κ3) is 1.72. The smallest absolute Gasteiger partial charge is 0.356 e. The lowest BCUT2D eigenvalue weighted by Crippen LogP contribution is -2.10. The zero-order valence-corrected chi connectivity index (χ0v) is 8.60. The summed E-state index contributed by atoms with van der Waals surface area (Å²) in [5.41, 5.74) is 0.0598. The Labute approximate surface area is 94.7 Å². The van der Waals surface area contributed by atoms with E-state index in [1.165, 1.54) is 0 Å². The Bertz CT molecular complexity index is 545. The highest BCUT2D eigenvalue weighted by atomic mass is 35.5. The van der Waals surface area contributed by atoms with Gasteiger partial charge in [0.05, 0.1) is 11.0 Å². The van der Waals surface area contributed by atoms with Crippen LogP contribution < -0.4 is 0 Å². The van der Waals surface area contributed by atoms with Gasteiger partial charge in [0.1, 0.15) is 0 Å². The van der Waals surface area contributed by atoms with Crippen molar-refractivity contribution in [2.45, 2.75) is 0 Å². The van der Waals surface area contributed by atoms with Crippen molar-refractivity contribution in [3.63, 3.8) is 0 Å². The molecule has 80 valence electrons. The second kappa shape index (κ2) is 3.86. The van der Waals surface area contributed by atoms with E-state index in [2.05, 4.69) is 9.97 Å². The maximum atomic E-state index is 11.0. The number of aromatic carboxylic acids is 1. The molecule has 0 bridgehead atoms. The van der Waals surface area contributed by atoms with Crippen LogP contribution in [0.2, 0.25) is 0 Å². The zero-order chi connectivity index (χ0) is 11.7. The number of carboxylic acids is 1. The molecule has 1 heterocycles. The summed E-state index contributed by atoms with van der Waals surface area (Å²) in [7, 11) is 0. The zero-order valence-electron chi connectivity index (χ0n) is 7.85. The quantitative estimate of drug-likeness (QED) is 0.803. The molecule has 1 aromatic carbocycles. The van der Waals surface area contributed by atoms with Crippen LogP contribution in [0.25, 0.3) is 11.0 Å². The molecule has 0 unspecified atom stereocenters. The number of benzene rings is 1. The molecule has 0 atom stereocenters. The number of carboxylic acid groups (broad SMARTS) is 1. The summed E-state index contributed by atoms with van der Waals surface area (Å²) in [5.74, 6) is -1.33. The van der Waals surface area contributed by atoms with Gasteiger partial charge in [0.2, 0.25) is 0 Å². The minimum Gasteiger partial charge on any atom is -0.476 e. The third-order valence-electron chi connectivity index (χ3n) is 1.96. The molecule has 5 nitrogen and oxygen atoms in total. The summed E-state index contributed by atoms with van der Waals surface area (Å²) in [5, 5.41) is 7.93. The summed E-state index contributed by atoms with van der Waals surface area (Å²) in [6.45, 7) is 0. The van der Waals surface area contributed by atoms with Crippen molar-refractivity contribution in [3.8, 4) is 0 Å². The van der Waals surface area contributed by atoms with Gasteiger partial charge in [0, 0.05) is 0 Å². The van der Waals surface area contributed by atoms with Crippen LogP contribution in [0.4, 0.5) is 0 Å². The van der Waals surface area contributed by atoms with Crippen molar-refractivity contribution >= 4 is 33.8 Å². The molecule has 0 aliphatic heterocycles. The first-order chi connectivity index (χ1) is 7.59. The summed E-state index contributed by atoms with van der Waals surface area (Å²) in [4.78, 5) is 29.6. The minimum atomic E-state index is -1.33. The summed E-state index contributed by atoms with van der Waals surface area (Å²) in [6.07, 6.45) is 0. The molecule has 1 aromatic heterocycles. The van der Waals surface area contributed by atoms with Crippen molar-refractivity contribution in [2.24, 2.45) is 0 Å². The van der Waals surface area contributed by atoms with E-state index in [1.807, 2.05) is 0 Å². The molecular weight excluding hydrogens is 232 g/mol. The van der Waals surface area contributed by atoms with Gasteiger partial charge < -0.3 is 5.11 Å². The van der Waals surface area contributed by atoms with E-state index in [-0.39, 0.29) is 5.69 Å². The highest BCUT2D eigenvalue weighted by molar-refractivity contribution is 6.67. The van der Waals surface area contributed by atoms with Crippen molar-refractivity contribution < 1.29 is 14.7 Å². The normalized spacial score (nSPS) is 10.3. The van der Waals surface area contributed by atoms with Crippen LogP contribution in [0.15, 0.2) is 24.3 Å². The van der Waals surface area contributed by atoms with Crippen LogP contribution in [0, 0.1) is 0 Å². The van der Waals surface area contributed by atoms with E-state index in [1.54, 1.807) is 24.3 Å². The monoisotopic (exact) mass is 236 g/mol. The van der Waals surface area contributed by atoms with Crippen molar-refractivity contribution in [1.29, 1.82) is 0 Å². The lowest BCUT2D eigenvalue weighted by molar-refractivity contribution is 0.0686. The Morgan fingerprint density at radius 2 is 1.56 bits per heavy atom. The fourth-order valence-electron chi connectivity index (χ4n) is 1.29. The lowest BCUT2D eigenvalue weighted by Gasteiger charge is -2.02. The van der Waals surface area contributed by atoms with E-state index in [0.29, 0.717) is 11.0 Å². The van der Waals surface area contributed by atoms with Gasteiger partial charge in [-0.3, -0.25) is 4.79 Å². The largest absolute Gasteiger partial charge is 0.476 e. The van der Waals surface area contributed by atoms with Gasteiger partial charge in [-0.05, 0) is 23.7 Å². The van der Waals surface area contributed by atoms with Gasteiger partial charge in [-0.2, -0.15) is 0 Å². The first-order valence-electron chi connectivity index (χ1n) is 4.29. The Hall–Kier alpha value is -2.01. The standard InChI is InChI=1S/C10H5ClN2O3/c11-9(14)7-8(10(15)16)13-6-4-2-1-3-5(6)12-7/h1-4H,(H,15,16). The summed E-state index contributed by atoms with van der Waals surface area (Å²) in [6, 6.07) is 6.64. The van der Waals surface area contributed by atoms with Gasteiger partial charge in [0.25, 0.3) is 5.24 Å². The molecule has 1 N–H and O–H groups in total. The van der Waals surface area contributed by atoms with Crippen LogP contribution >= 0.6 is 11.6 Å². The molecule has 2 rings (SSSR count). The number of hydrogen-bond acceptors (Lipinski definition) is 4. The average Bonchev–Trinajstić information content (AvgIpc) is 2.27. The number of aromatic nitrogens is 2. The number of carbonyl (C=O) groups is 2. The van der Waals surface area contributed by atoms with Crippen molar-refractivity contribution in [1.82, 2.24) is 9.97 Å². The second-order valence-corrected chi connectivity index (χ2v) is 3.33. The molecule has 0 fully saturated rings. The molecular formula is C10H5ClN2O3. The Balaban J connectivity index is 2.81. The first kappa shape index (κ1) is 10.5. The SMILES string of the molecule is O=C(O)c1nc2ccccc2nc1C(=O)Cl. The number of fused-ring (bicyclic) bond motifs is 1. The number of nitrogens with zero attached hydrogens (tertiary/aromatic N) is 2. The summed E-state index contributed by atoms with van der Waals surface area (Å²) >= 11 is 5.25. The molecule has 0 aliphatic carbocycles. The highest BCUT2D eigenvalue weighted by Crippen LogP contribution is 2.14. The fraction of sp³-hybridized carbons (Fsp3) is 0. The Morgan fingerprint density at radius 3 is 2.00 bits per heavy atom. The van der Waals surface area contributed by atoms with Crippen LogP contribution in [-0.2, 0) is 0 Å². The van der Waals surface area contributed by atoms with Crippen molar-refractivity contribution in [2.75, 3.05) is 0 Å². The highest BCUT2D eigenvalue weighted by Gasteiger charge is 2.19. The third-order valence-corrected chi connectivity index (χ3v) is 2.14.